The van der Waals surface area contributed by atoms with Gasteiger partial charge in [-0.15, -0.1) is 0 Å². The minimum atomic E-state index is -0.179. The molecule has 0 bridgehead atoms. The van der Waals surface area contributed by atoms with Crippen LogP contribution in [0.25, 0.3) is 6.08 Å². The van der Waals surface area contributed by atoms with Gasteiger partial charge in [-0.2, -0.15) is 0 Å². The number of hydrogen-bond acceptors (Lipinski definition) is 3. The zero-order valence-corrected chi connectivity index (χ0v) is 18.3. The third-order valence-corrected chi connectivity index (χ3v) is 5.86. The van der Waals surface area contributed by atoms with Gasteiger partial charge in [-0.25, -0.2) is 0 Å². The fourth-order valence-electron chi connectivity index (χ4n) is 4.19. The van der Waals surface area contributed by atoms with E-state index in [1.807, 2.05) is 6.08 Å². The first-order valence-corrected chi connectivity index (χ1v) is 10.6. The first kappa shape index (κ1) is 20.9. The van der Waals surface area contributed by atoms with E-state index in [4.69, 9.17) is 0 Å². The van der Waals surface area contributed by atoms with Crippen molar-refractivity contribution in [1.82, 2.24) is 0 Å². The maximum atomic E-state index is 12.7. The zero-order chi connectivity index (χ0) is 21.0. The number of carbonyl (C=O) groups is 1. The van der Waals surface area contributed by atoms with Crippen LogP contribution in [0.1, 0.15) is 45.7 Å². The fraction of sp³-hybridized carbons (Fsp3) is 0.346. The van der Waals surface area contributed by atoms with Crippen molar-refractivity contribution in [3.8, 4) is 0 Å². The highest BCUT2D eigenvalue weighted by Crippen LogP contribution is 2.47. The Morgan fingerprint density at radius 1 is 1.00 bits per heavy atom. The lowest BCUT2D eigenvalue weighted by Gasteiger charge is -2.25. The molecule has 1 aliphatic rings. The Morgan fingerprint density at radius 3 is 2.28 bits per heavy atom. The number of benzene rings is 2. The number of allylic oxidation sites excluding steroid dienone is 3. The van der Waals surface area contributed by atoms with Gasteiger partial charge in [0.1, 0.15) is 0 Å². The standard InChI is InChI=1S/C26H32N2O/c1-6-27(7-2)21-16-13-20(14-17-21)15-18-22(29)19-25-26(4,5)23-11-9-10-12-24(23)28(25)8-3/h9-19H,6-8H2,1-5H3/b18-15+,25-19?. The summed E-state index contributed by atoms with van der Waals surface area (Å²) in [6.45, 7) is 13.7. The van der Waals surface area contributed by atoms with Crippen LogP contribution < -0.4 is 9.80 Å². The molecule has 0 atom stereocenters. The summed E-state index contributed by atoms with van der Waals surface area (Å²) in [6, 6.07) is 16.8. The van der Waals surface area contributed by atoms with Gasteiger partial charge >= 0.3 is 0 Å². The van der Waals surface area contributed by atoms with Gasteiger partial charge in [-0.3, -0.25) is 4.79 Å². The SMILES string of the molecule is CCN(CC)c1ccc(/C=C/C(=O)C=C2N(CC)c3ccccc3C2(C)C)cc1. The minimum Gasteiger partial charge on any atom is -0.372 e. The van der Waals surface area contributed by atoms with E-state index >= 15 is 0 Å². The van der Waals surface area contributed by atoms with Crippen LogP contribution in [0.4, 0.5) is 11.4 Å². The van der Waals surface area contributed by atoms with E-state index in [1.54, 1.807) is 12.2 Å². The number of ketones is 1. The Hall–Kier alpha value is -2.81. The van der Waals surface area contributed by atoms with Crippen LogP contribution in [0.15, 0.2) is 66.4 Å². The number of fused-ring (bicyclic) bond motifs is 1. The summed E-state index contributed by atoms with van der Waals surface area (Å²) in [7, 11) is 0. The first-order chi connectivity index (χ1) is 13.9. The van der Waals surface area contributed by atoms with E-state index in [9.17, 15) is 4.79 Å². The highest BCUT2D eigenvalue weighted by molar-refractivity contribution is 6.03. The van der Waals surface area contributed by atoms with Crippen LogP contribution in [-0.2, 0) is 10.2 Å². The normalized spacial score (nSPS) is 16.4. The fourth-order valence-corrected chi connectivity index (χ4v) is 4.19. The maximum Gasteiger partial charge on any atom is 0.180 e. The average molecular weight is 389 g/mol. The number of para-hydroxylation sites is 1. The highest BCUT2D eigenvalue weighted by Gasteiger charge is 2.39. The highest BCUT2D eigenvalue weighted by atomic mass is 16.1. The molecule has 0 unspecified atom stereocenters. The van der Waals surface area contributed by atoms with Crippen LogP contribution in [0.5, 0.6) is 0 Å². The molecule has 3 rings (SSSR count). The van der Waals surface area contributed by atoms with Gasteiger partial charge in [0.05, 0.1) is 0 Å². The van der Waals surface area contributed by atoms with E-state index in [0.717, 1.165) is 30.9 Å². The summed E-state index contributed by atoms with van der Waals surface area (Å²) >= 11 is 0. The van der Waals surface area contributed by atoms with Crippen molar-refractivity contribution in [1.29, 1.82) is 0 Å². The van der Waals surface area contributed by atoms with Crippen LogP contribution in [-0.4, -0.2) is 25.4 Å². The smallest absolute Gasteiger partial charge is 0.180 e. The summed E-state index contributed by atoms with van der Waals surface area (Å²) in [5, 5.41) is 0. The van der Waals surface area contributed by atoms with Crippen LogP contribution in [0, 0.1) is 0 Å². The van der Waals surface area contributed by atoms with Gasteiger partial charge < -0.3 is 9.80 Å². The summed E-state index contributed by atoms with van der Waals surface area (Å²) in [5.74, 6) is 0.0205. The van der Waals surface area contributed by atoms with Gasteiger partial charge in [-0.1, -0.05) is 50.3 Å². The van der Waals surface area contributed by atoms with Crippen molar-refractivity contribution in [2.24, 2.45) is 0 Å². The Kier molecular flexibility index (Phi) is 6.26. The maximum absolute atomic E-state index is 12.7. The predicted molar refractivity (Wildman–Crippen MR) is 125 cm³/mol. The van der Waals surface area contributed by atoms with Crippen molar-refractivity contribution in [3.05, 3.63) is 77.5 Å². The van der Waals surface area contributed by atoms with E-state index in [2.05, 4.69) is 92.9 Å². The summed E-state index contributed by atoms with van der Waals surface area (Å²) in [6.07, 6.45) is 5.37. The van der Waals surface area contributed by atoms with Crippen LogP contribution in [0.2, 0.25) is 0 Å². The molecule has 1 aliphatic heterocycles. The molecule has 0 saturated carbocycles. The lowest BCUT2D eigenvalue weighted by molar-refractivity contribution is -0.110. The molecule has 0 saturated heterocycles. The van der Waals surface area contributed by atoms with Gasteiger partial charge in [0, 0.05) is 48.2 Å². The van der Waals surface area contributed by atoms with Gasteiger partial charge in [0.15, 0.2) is 5.78 Å². The molecular formula is C26H32N2O. The second-order valence-corrected chi connectivity index (χ2v) is 7.92. The quantitative estimate of drug-likeness (QED) is 0.559. The number of anilines is 2. The molecule has 0 radical (unpaired) electrons. The van der Waals surface area contributed by atoms with Gasteiger partial charge in [0.25, 0.3) is 0 Å². The molecule has 3 heteroatoms. The molecule has 1 heterocycles. The second kappa shape index (κ2) is 8.69. The Balaban J connectivity index is 1.80. The Labute approximate surface area is 175 Å². The summed E-state index contributed by atoms with van der Waals surface area (Å²) < 4.78 is 0. The van der Waals surface area contributed by atoms with Crippen molar-refractivity contribution in [3.63, 3.8) is 0 Å². The van der Waals surface area contributed by atoms with Crippen molar-refractivity contribution < 1.29 is 4.79 Å². The number of carbonyl (C=O) groups excluding carboxylic acids is 1. The second-order valence-electron chi connectivity index (χ2n) is 7.92. The molecular weight excluding hydrogens is 356 g/mol. The van der Waals surface area contributed by atoms with E-state index in [1.165, 1.54) is 16.9 Å². The Bertz CT molecular complexity index is 918. The molecule has 0 N–H and O–H groups in total. The predicted octanol–water partition coefficient (Wildman–Crippen LogP) is 5.82. The van der Waals surface area contributed by atoms with Gasteiger partial charge in [0.2, 0.25) is 0 Å². The number of hydrogen-bond donors (Lipinski definition) is 0. The molecule has 0 fully saturated rings. The molecule has 0 spiro atoms. The summed E-state index contributed by atoms with van der Waals surface area (Å²) in [5.41, 5.74) is 5.61. The Morgan fingerprint density at radius 2 is 1.66 bits per heavy atom. The monoisotopic (exact) mass is 388 g/mol. The first-order valence-electron chi connectivity index (χ1n) is 10.6. The van der Waals surface area contributed by atoms with Crippen LogP contribution >= 0.6 is 0 Å². The number of nitrogens with zero attached hydrogens (tertiary/aromatic N) is 2. The molecule has 3 nitrogen and oxygen atoms in total. The molecule has 152 valence electrons. The number of likely N-dealkylation sites (N-methyl/N-ethyl adjacent to an activating group) is 1. The van der Waals surface area contributed by atoms with Crippen molar-refractivity contribution >= 4 is 23.2 Å². The topological polar surface area (TPSA) is 23.6 Å². The van der Waals surface area contributed by atoms with Crippen molar-refractivity contribution in [2.45, 2.75) is 40.0 Å². The van der Waals surface area contributed by atoms with E-state index < -0.39 is 0 Å². The zero-order valence-electron chi connectivity index (χ0n) is 18.3. The van der Waals surface area contributed by atoms with Crippen LogP contribution in [0.3, 0.4) is 0 Å². The molecule has 2 aromatic carbocycles. The molecule has 0 aromatic heterocycles. The third-order valence-electron chi connectivity index (χ3n) is 5.86. The molecule has 0 amide bonds. The lowest BCUT2D eigenvalue weighted by Crippen LogP contribution is -2.26. The van der Waals surface area contributed by atoms with E-state index in [-0.39, 0.29) is 11.2 Å². The molecule has 0 aliphatic carbocycles. The average Bonchev–Trinajstić information content (AvgIpc) is 2.95. The summed E-state index contributed by atoms with van der Waals surface area (Å²) in [4.78, 5) is 17.3. The van der Waals surface area contributed by atoms with Crippen molar-refractivity contribution in [2.75, 3.05) is 29.4 Å². The third kappa shape index (κ3) is 4.14. The van der Waals surface area contributed by atoms with E-state index in [0.29, 0.717) is 0 Å². The minimum absolute atomic E-state index is 0.0205. The molecule has 2 aromatic rings. The number of rotatable bonds is 7. The van der Waals surface area contributed by atoms with Gasteiger partial charge in [-0.05, 0) is 56.2 Å². The molecule has 29 heavy (non-hydrogen) atoms. The largest absolute Gasteiger partial charge is 0.372 e. The lowest BCUT2D eigenvalue weighted by atomic mass is 9.83.